The Balaban J connectivity index is 1.94. The minimum atomic E-state index is -4.73. The number of carboxylic acid groups (broad SMARTS) is 2. The van der Waals surface area contributed by atoms with Crippen LogP contribution in [-0.2, 0) is 39.8 Å². The highest BCUT2D eigenvalue weighted by Crippen LogP contribution is 2.37. The average Bonchev–Trinajstić information content (AvgIpc) is 2.90. The zero-order valence-electron chi connectivity index (χ0n) is 22.9. The van der Waals surface area contributed by atoms with Crippen molar-refractivity contribution in [1.82, 2.24) is 21.3 Å². The standard InChI is InChI=1S/C25H35N4O12P/c1-3-13(2)21(25(36)37)29-23(34)16(9-11-20(31)32)26-19(30)10-8-17-22(33)28-18(24(35)27-17)12-14-4-6-15(7-5-14)41-42(38,39)40/h4-7,13,16-18,21H,3,8-12H2,1-2H3,(H,26,30)(H,27,35)(H,28,33)(H,29,34)(H,31,32)(H,36,37)(H2,38,39,40)/t13-,16+,17+,18+,21+/m1/s1. The summed E-state index contributed by atoms with van der Waals surface area (Å²) in [5.41, 5.74) is 0.565. The highest BCUT2D eigenvalue weighted by molar-refractivity contribution is 7.46. The number of benzene rings is 1. The molecule has 0 bridgehead atoms. The van der Waals surface area contributed by atoms with Crippen molar-refractivity contribution < 1.29 is 57.9 Å². The number of carboxylic acids is 2. The van der Waals surface area contributed by atoms with E-state index in [9.17, 15) is 38.4 Å². The third-order valence-corrected chi connectivity index (χ3v) is 7.04. The number of nitrogens with one attached hydrogen (secondary N) is 4. The summed E-state index contributed by atoms with van der Waals surface area (Å²) >= 11 is 0. The molecule has 1 aliphatic rings. The number of piperazine rings is 1. The average molecular weight is 615 g/mol. The molecule has 5 atom stereocenters. The molecular weight excluding hydrogens is 579 g/mol. The van der Waals surface area contributed by atoms with Gasteiger partial charge in [-0.1, -0.05) is 32.4 Å². The van der Waals surface area contributed by atoms with Gasteiger partial charge in [0.2, 0.25) is 23.6 Å². The molecule has 16 nitrogen and oxygen atoms in total. The molecule has 0 radical (unpaired) electrons. The second-order valence-electron chi connectivity index (χ2n) is 9.85. The second-order valence-corrected chi connectivity index (χ2v) is 11.0. The van der Waals surface area contributed by atoms with Crippen LogP contribution in [0.1, 0.15) is 51.5 Å². The van der Waals surface area contributed by atoms with Crippen molar-refractivity contribution >= 4 is 43.4 Å². The number of carbonyl (C=O) groups is 6. The number of rotatable bonds is 16. The molecule has 0 aromatic heterocycles. The normalized spacial score (nSPS) is 19.0. The molecule has 1 aromatic carbocycles. The Morgan fingerprint density at radius 2 is 1.57 bits per heavy atom. The van der Waals surface area contributed by atoms with E-state index in [4.69, 9.17) is 14.9 Å². The van der Waals surface area contributed by atoms with Crippen LogP contribution in [0.15, 0.2) is 24.3 Å². The molecule has 1 heterocycles. The van der Waals surface area contributed by atoms with Crippen LogP contribution < -0.4 is 25.8 Å². The number of amides is 4. The zero-order valence-corrected chi connectivity index (χ0v) is 23.8. The Bertz CT molecular complexity index is 1220. The van der Waals surface area contributed by atoms with Crippen LogP contribution in [0.3, 0.4) is 0 Å². The number of phosphoric acid groups is 1. The number of carbonyl (C=O) groups excluding carboxylic acids is 4. The summed E-state index contributed by atoms with van der Waals surface area (Å²) in [5.74, 6) is -5.67. The van der Waals surface area contributed by atoms with E-state index in [2.05, 4.69) is 25.8 Å². The van der Waals surface area contributed by atoms with Gasteiger partial charge in [0.1, 0.15) is 29.9 Å². The Kier molecular flexibility index (Phi) is 12.4. The van der Waals surface area contributed by atoms with Crippen LogP contribution in [0.5, 0.6) is 5.75 Å². The molecule has 2 rings (SSSR count). The van der Waals surface area contributed by atoms with E-state index in [0.717, 1.165) is 0 Å². The Morgan fingerprint density at radius 1 is 0.976 bits per heavy atom. The molecule has 17 heteroatoms. The fourth-order valence-electron chi connectivity index (χ4n) is 4.10. The molecule has 8 N–H and O–H groups in total. The minimum absolute atomic E-state index is 0.0648. The van der Waals surface area contributed by atoms with E-state index in [0.29, 0.717) is 12.0 Å². The lowest BCUT2D eigenvalue weighted by atomic mass is 9.98. The number of phosphoric ester groups is 1. The Morgan fingerprint density at radius 3 is 2.12 bits per heavy atom. The zero-order chi connectivity index (χ0) is 31.6. The monoisotopic (exact) mass is 614 g/mol. The van der Waals surface area contributed by atoms with E-state index in [1.165, 1.54) is 24.3 Å². The van der Waals surface area contributed by atoms with Gasteiger partial charge in [-0.25, -0.2) is 9.36 Å². The first-order valence-corrected chi connectivity index (χ1v) is 14.6. The highest BCUT2D eigenvalue weighted by atomic mass is 31.2. The quantitative estimate of drug-likeness (QED) is 0.109. The predicted molar refractivity (Wildman–Crippen MR) is 144 cm³/mol. The van der Waals surface area contributed by atoms with Crippen LogP contribution in [0.4, 0.5) is 0 Å². The largest absolute Gasteiger partial charge is 0.524 e. The maximum atomic E-state index is 12.7. The summed E-state index contributed by atoms with van der Waals surface area (Å²) in [7, 11) is -4.73. The molecule has 42 heavy (non-hydrogen) atoms. The van der Waals surface area contributed by atoms with Crippen molar-refractivity contribution in [3.8, 4) is 5.75 Å². The summed E-state index contributed by atoms with van der Waals surface area (Å²) < 4.78 is 15.4. The molecule has 0 unspecified atom stereocenters. The topological polar surface area (TPSA) is 258 Å². The van der Waals surface area contributed by atoms with Crippen LogP contribution >= 0.6 is 7.82 Å². The Labute approximate surface area is 240 Å². The van der Waals surface area contributed by atoms with Crippen LogP contribution in [0.25, 0.3) is 0 Å². The van der Waals surface area contributed by atoms with Crippen molar-refractivity contribution in [2.75, 3.05) is 0 Å². The van der Waals surface area contributed by atoms with Crippen molar-refractivity contribution in [1.29, 1.82) is 0 Å². The molecule has 232 valence electrons. The minimum Gasteiger partial charge on any atom is -0.481 e. The number of aliphatic carboxylic acids is 2. The SMILES string of the molecule is CC[C@@H](C)[C@H](NC(=O)[C@H](CCC(=O)O)NC(=O)CC[C@@H]1NC(=O)[C@H](Cc2ccc(OP(=O)(O)O)cc2)NC1=O)C(=O)O. The third kappa shape index (κ3) is 11.1. The molecule has 1 aliphatic heterocycles. The fourth-order valence-corrected chi connectivity index (χ4v) is 4.49. The Hall–Kier alpha value is -4.01. The van der Waals surface area contributed by atoms with E-state index < -0.39 is 79.9 Å². The molecule has 0 saturated carbocycles. The van der Waals surface area contributed by atoms with Crippen molar-refractivity contribution in [3.63, 3.8) is 0 Å². The summed E-state index contributed by atoms with van der Waals surface area (Å²) in [6, 6.07) is 0.950. The van der Waals surface area contributed by atoms with Gasteiger partial charge < -0.3 is 36.0 Å². The molecular formula is C25H35N4O12P. The first-order chi connectivity index (χ1) is 19.6. The van der Waals surface area contributed by atoms with Crippen molar-refractivity contribution in [2.45, 2.75) is 76.5 Å². The molecule has 1 saturated heterocycles. The van der Waals surface area contributed by atoms with Gasteiger partial charge in [0.15, 0.2) is 0 Å². The molecule has 4 amide bonds. The van der Waals surface area contributed by atoms with Gasteiger partial charge in [-0.3, -0.25) is 33.8 Å². The fraction of sp³-hybridized carbons (Fsp3) is 0.520. The van der Waals surface area contributed by atoms with Gasteiger partial charge in [-0.2, -0.15) is 0 Å². The van der Waals surface area contributed by atoms with E-state index in [1.54, 1.807) is 13.8 Å². The highest BCUT2D eigenvalue weighted by Gasteiger charge is 2.34. The first-order valence-electron chi connectivity index (χ1n) is 13.1. The lowest BCUT2D eigenvalue weighted by Gasteiger charge is -2.30. The van der Waals surface area contributed by atoms with E-state index in [-0.39, 0.29) is 31.4 Å². The third-order valence-electron chi connectivity index (χ3n) is 6.59. The van der Waals surface area contributed by atoms with Crippen LogP contribution in [0, 0.1) is 5.92 Å². The first kappa shape index (κ1) is 34.2. The summed E-state index contributed by atoms with van der Waals surface area (Å²) in [6.07, 6.45) is -0.706. The summed E-state index contributed by atoms with van der Waals surface area (Å²) in [5, 5.41) is 28.3. The van der Waals surface area contributed by atoms with Gasteiger partial charge in [-0.15, -0.1) is 0 Å². The molecule has 1 fully saturated rings. The van der Waals surface area contributed by atoms with Gasteiger partial charge >= 0.3 is 19.8 Å². The van der Waals surface area contributed by atoms with Gasteiger partial charge in [0, 0.05) is 19.3 Å². The van der Waals surface area contributed by atoms with Crippen LogP contribution in [-0.4, -0.2) is 79.7 Å². The lowest BCUT2D eigenvalue weighted by molar-refractivity contribution is -0.144. The number of hydrogen-bond donors (Lipinski definition) is 8. The lowest BCUT2D eigenvalue weighted by Crippen LogP contribution is -2.62. The van der Waals surface area contributed by atoms with Gasteiger partial charge in [0.05, 0.1) is 0 Å². The second kappa shape index (κ2) is 15.3. The van der Waals surface area contributed by atoms with E-state index >= 15 is 0 Å². The van der Waals surface area contributed by atoms with Gasteiger partial charge in [0.25, 0.3) is 0 Å². The summed E-state index contributed by atoms with van der Waals surface area (Å²) in [4.78, 5) is 90.9. The van der Waals surface area contributed by atoms with E-state index in [1.807, 2.05) is 0 Å². The maximum Gasteiger partial charge on any atom is 0.524 e. The van der Waals surface area contributed by atoms with Crippen molar-refractivity contribution in [3.05, 3.63) is 29.8 Å². The molecule has 0 aliphatic carbocycles. The number of hydrogen-bond acceptors (Lipinski definition) is 8. The summed E-state index contributed by atoms with van der Waals surface area (Å²) in [6.45, 7) is 3.36. The van der Waals surface area contributed by atoms with Gasteiger partial charge in [-0.05, 0) is 36.5 Å². The maximum absolute atomic E-state index is 12.7. The molecule has 0 spiro atoms. The van der Waals surface area contributed by atoms with Crippen molar-refractivity contribution in [2.24, 2.45) is 5.92 Å². The smallest absolute Gasteiger partial charge is 0.481 e. The molecule has 1 aromatic rings. The van der Waals surface area contributed by atoms with Crippen LogP contribution in [0.2, 0.25) is 0 Å². The predicted octanol–water partition coefficient (Wildman–Crippen LogP) is -0.571.